The van der Waals surface area contributed by atoms with E-state index in [1.807, 2.05) is 12.1 Å². The van der Waals surface area contributed by atoms with Gasteiger partial charge in [-0.1, -0.05) is 29.8 Å². The van der Waals surface area contributed by atoms with E-state index < -0.39 is 24.5 Å². The van der Waals surface area contributed by atoms with Gasteiger partial charge in [0.1, 0.15) is 18.8 Å². The number of halogens is 1. The lowest BCUT2D eigenvalue weighted by Crippen LogP contribution is -2.36. The molecule has 8 nitrogen and oxygen atoms in total. The zero-order chi connectivity index (χ0) is 21.7. The van der Waals surface area contributed by atoms with Crippen molar-refractivity contribution in [2.75, 3.05) is 20.8 Å². The number of amides is 3. The molecule has 1 fully saturated rings. The van der Waals surface area contributed by atoms with Crippen molar-refractivity contribution < 1.29 is 28.6 Å². The molecule has 0 unspecified atom stereocenters. The predicted molar refractivity (Wildman–Crippen MR) is 109 cm³/mol. The Morgan fingerprint density at radius 2 is 1.83 bits per heavy atom. The van der Waals surface area contributed by atoms with Crippen molar-refractivity contribution in [3.05, 3.63) is 64.3 Å². The molecule has 9 heteroatoms. The van der Waals surface area contributed by atoms with Gasteiger partial charge >= 0.3 is 12.0 Å². The molecule has 0 radical (unpaired) electrons. The number of benzene rings is 2. The van der Waals surface area contributed by atoms with Crippen LogP contribution in [0.2, 0.25) is 5.02 Å². The van der Waals surface area contributed by atoms with E-state index in [1.54, 1.807) is 30.3 Å². The monoisotopic (exact) mass is 430 g/mol. The summed E-state index contributed by atoms with van der Waals surface area (Å²) in [5.41, 5.74) is 1.59. The van der Waals surface area contributed by atoms with Gasteiger partial charge in [-0.25, -0.2) is 9.69 Å². The Morgan fingerprint density at radius 1 is 1.10 bits per heavy atom. The van der Waals surface area contributed by atoms with E-state index in [0.29, 0.717) is 28.7 Å². The van der Waals surface area contributed by atoms with Crippen LogP contribution in [0.5, 0.6) is 11.5 Å². The zero-order valence-electron chi connectivity index (χ0n) is 16.3. The van der Waals surface area contributed by atoms with Crippen LogP contribution in [0.25, 0.3) is 6.08 Å². The van der Waals surface area contributed by atoms with Crippen molar-refractivity contribution in [1.29, 1.82) is 0 Å². The Balaban J connectivity index is 1.74. The second kappa shape index (κ2) is 9.32. The third-order valence-corrected chi connectivity index (χ3v) is 4.54. The third kappa shape index (κ3) is 4.90. The number of nitrogens with one attached hydrogen (secondary N) is 1. The summed E-state index contributed by atoms with van der Waals surface area (Å²) >= 11 is 5.88. The number of imide groups is 1. The maximum absolute atomic E-state index is 12.4. The van der Waals surface area contributed by atoms with Crippen LogP contribution < -0.4 is 14.8 Å². The number of ether oxygens (including phenoxy) is 3. The number of carbonyl (C=O) groups excluding carboxylic acids is 3. The first-order valence-corrected chi connectivity index (χ1v) is 9.25. The lowest BCUT2D eigenvalue weighted by Gasteiger charge is -2.12. The van der Waals surface area contributed by atoms with Crippen LogP contribution in [0, 0.1) is 0 Å². The number of nitrogens with zero attached hydrogens (tertiary/aromatic N) is 1. The fourth-order valence-corrected chi connectivity index (χ4v) is 2.84. The molecule has 2 aromatic rings. The van der Waals surface area contributed by atoms with Crippen LogP contribution in [-0.4, -0.2) is 43.6 Å². The fraction of sp³-hybridized carbons (Fsp3) is 0.190. The number of rotatable bonds is 7. The highest BCUT2D eigenvalue weighted by atomic mass is 35.5. The number of methoxy groups -OCH3 is 2. The minimum atomic E-state index is -0.691. The molecular weight excluding hydrogens is 412 g/mol. The van der Waals surface area contributed by atoms with E-state index in [-0.39, 0.29) is 5.70 Å². The predicted octanol–water partition coefficient (Wildman–Crippen LogP) is 2.99. The van der Waals surface area contributed by atoms with E-state index in [9.17, 15) is 14.4 Å². The Hall–Kier alpha value is -3.52. The van der Waals surface area contributed by atoms with Crippen LogP contribution in [-0.2, 0) is 20.9 Å². The molecule has 0 aliphatic carbocycles. The average Bonchev–Trinajstić information content (AvgIpc) is 3.00. The second-order valence-electron chi connectivity index (χ2n) is 6.28. The van der Waals surface area contributed by atoms with Gasteiger partial charge in [0.25, 0.3) is 5.91 Å². The van der Waals surface area contributed by atoms with Gasteiger partial charge in [0, 0.05) is 5.02 Å². The topological polar surface area (TPSA) is 94.2 Å². The van der Waals surface area contributed by atoms with Gasteiger partial charge in [-0.15, -0.1) is 0 Å². The van der Waals surface area contributed by atoms with Crippen molar-refractivity contribution in [3.63, 3.8) is 0 Å². The van der Waals surface area contributed by atoms with E-state index in [4.69, 9.17) is 21.1 Å². The summed E-state index contributed by atoms with van der Waals surface area (Å²) in [6.07, 6.45) is 1.49. The van der Waals surface area contributed by atoms with Crippen molar-refractivity contribution >= 4 is 35.6 Å². The van der Waals surface area contributed by atoms with Crippen molar-refractivity contribution in [2.45, 2.75) is 6.61 Å². The molecule has 1 N–H and O–H groups in total. The average molecular weight is 431 g/mol. The molecule has 3 amide bonds. The normalized spacial score (nSPS) is 14.6. The molecule has 0 aromatic heterocycles. The first kappa shape index (κ1) is 21.2. The lowest BCUT2D eigenvalue weighted by atomic mass is 10.1. The molecule has 0 spiro atoms. The minimum Gasteiger partial charge on any atom is -0.493 e. The van der Waals surface area contributed by atoms with Crippen LogP contribution in [0.15, 0.2) is 48.2 Å². The standard InChI is InChI=1S/C21H19ClN2O6/c1-28-18-10-14(5-8-17(18)30-12-13-3-6-15(22)7-4-13)9-16-20(26)24(21(27)23-16)11-19(25)29-2/h3-10H,11-12H2,1-2H3,(H,23,27)/b16-9+. The van der Waals surface area contributed by atoms with E-state index >= 15 is 0 Å². The number of hydrogen-bond donors (Lipinski definition) is 1. The van der Waals surface area contributed by atoms with Crippen molar-refractivity contribution in [1.82, 2.24) is 10.2 Å². The van der Waals surface area contributed by atoms with Crippen LogP contribution in [0.4, 0.5) is 4.79 Å². The summed E-state index contributed by atoms with van der Waals surface area (Å²) in [4.78, 5) is 36.5. The lowest BCUT2D eigenvalue weighted by molar-refractivity contribution is -0.143. The van der Waals surface area contributed by atoms with Crippen LogP contribution in [0.3, 0.4) is 0 Å². The number of carbonyl (C=O) groups is 3. The zero-order valence-corrected chi connectivity index (χ0v) is 17.1. The van der Waals surface area contributed by atoms with Gasteiger partial charge in [-0.2, -0.15) is 0 Å². The fourth-order valence-electron chi connectivity index (χ4n) is 2.71. The van der Waals surface area contributed by atoms with Crippen molar-refractivity contribution in [3.8, 4) is 11.5 Å². The summed E-state index contributed by atoms with van der Waals surface area (Å²) in [5, 5.41) is 3.09. The smallest absolute Gasteiger partial charge is 0.329 e. The minimum absolute atomic E-state index is 0.0424. The maximum Gasteiger partial charge on any atom is 0.329 e. The van der Waals surface area contributed by atoms with Crippen molar-refractivity contribution in [2.24, 2.45) is 0 Å². The van der Waals surface area contributed by atoms with Gasteiger partial charge in [0.15, 0.2) is 11.5 Å². The Morgan fingerprint density at radius 3 is 2.50 bits per heavy atom. The SMILES string of the molecule is COC(=O)CN1C(=O)N/C(=C/c2ccc(OCc3ccc(Cl)cc3)c(OC)c2)C1=O. The molecule has 1 aliphatic heterocycles. The summed E-state index contributed by atoms with van der Waals surface area (Å²) in [6, 6.07) is 11.7. The first-order chi connectivity index (χ1) is 14.4. The van der Waals surface area contributed by atoms with Gasteiger partial charge < -0.3 is 19.5 Å². The van der Waals surface area contributed by atoms with Gasteiger partial charge in [0.05, 0.1) is 14.2 Å². The highest BCUT2D eigenvalue weighted by Crippen LogP contribution is 2.30. The molecule has 1 aliphatic rings. The summed E-state index contributed by atoms with van der Waals surface area (Å²) in [6.45, 7) is -0.135. The molecule has 0 bridgehead atoms. The summed E-state index contributed by atoms with van der Waals surface area (Å²) in [5.74, 6) is -0.332. The summed E-state index contributed by atoms with van der Waals surface area (Å²) in [7, 11) is 2.68. The maximum atomic E-state index is 12.4. The Labute approximate surface area is 178 Å². The summed E-state index contributed by atoms with van der Waals surface area (Å²) < 4.78 is 15.7. The van der Waals surface area contributed by atoms with Gasteiger partial charge in [-0.05, 0) is 41.5 Å². The van der Waals surface area contributed by atoms with E-state index in [0.717, 1.165) is 10.5 Å². The number of hydrogen-bond acceptors (Lipinski definition) is 6. The third-order valence-electron chi connectivity index (χ3n) is 4.28. The van der Waals surface area contributed by atoms with Gasteiger partial charge in [-0.3, -0.25) is 9.59 Å². The molecule has 156 valence electrons. The highest BCUT2D eigenvalue weighted by Gasteiger charge is 2.35. The first-order valence-electron chi connectivity index (χ1n) is 8.88. The van der Waals surface area contributed by atoms with Crippen LogP contribution in [0.1, 0.15) is 11.1 Å². The van der Waals surface area contributed by atoms with Gasteiger partial charge in [0.2, 0.25) is 0 Å². The molecule has 1 heterocycles. The Kier molecular flexibility index (Phi) is 6.58. The quantitative estimate of drug-likeness (QED) is 0.412. The largest absolute Gasteiger partial charge is 0.493 e. The van der Waals surface area contributed by atoms with Crippen LogP contribution >= 0.6 is 11.6 Å². The molecule has 30 heavy (non-hydrogen) atoms. The molecular formula is C21H19ClN2O6. The van der Waals surface area contributed by atoms with E-state index in [1.165, 1.54) is 20.3 Å². The van der Waals surface area contributed by atoms with E-state index in [2.05, 4.69) is 10.1 Å². The molecule has 2 aromatic carbocycles. The number of urea groups is 1. The molecule has 3 rings (SSSR count). The second-order valence-corrected chi connectivity index (χ2v) is 6.72. The molecule has 1 saturated heterocycles. The molecule has 0 atom stereocenters. The molecule has 0 saturated carbocycles. The number of esters is 1. The highest BCUT2D eigenvalue weighted by molar-refractivity contribution is 6.30. The Bertz CT molecular complexity index is 1000.